The Kier molecular flexibility index (Phi) is 10.9. The van der Waals surface area contributed by atoms with E-state index in [-0.39, 0.29) is 24.0 Å². The number of aliphatic imine (C=N–C) groups is 1. The maximum Gasteiger partial charge on any atom is 0.193 e. The molecular formula is C19H33IN4O2. The normalized spacial score (nSPS) is 17.2. The van der Waals surface area contributed by atoms with Gasteiger partial charge in [-0.1, -0.05) is 12.1 Å². The highest BCUT2D eigenvalue weighted by atomic mass is 127. The second-order valence-corrected chi connectivity index (χ2v) is 6.63. The molecule has 7 heteroatoms. The van der Waals surface area contributed by atoms with E-state index in [1.54, 1.807) is 7.11 Å². The SMILES string of the molecule is CN=C(NCc1cccc(N(C)C)c1)N1CCC(COCCOC)C1.I. The fourth-order valence-corrected chi connectivity index (χ4v) is 3.01. The van der Waals surface area contributed by atoms with Crippen molar-refractivity contribution in [2.24, 2.45) is 10.9 Å². The van der Waals surface area contributed by atoms with Crippen molar-refractivity contribution in [3.05, 3.63) is 29.8 Å². The van der Waals surface area contributed by atoms with E-state index in [0.29, 0.717) is 19.1 Å². The standard InChI is InChI=1S/C19H32N4O2.HI/c1-20-19(21-13-16-6-5-7-18(12-16)22(2)3)23-9-8-17(14-23)15-25-11-10-24-4;/h5-7,12,17H,8-11,13-15H2,1-4H3,(H,20,21);1H. The molecular weight excluding hydrogens is 443 g/mol. The number of hydrogen-bond acceptors (Lipinski definition) is 4. The first-order chi connectivity index (χ1) is 12.1. The zero-order chi connectivity index (χ0) is 18.1. The maximum atomic E-state index is 5.67. The van der Waals surface area contributed by atoms with Crippen LogP contribution in [0.4, 0.5) is 5.69 Å². The van der Waals surface area contributed by atoms with Gasteiger partial charge in [-0.05, 0) is 24.1 Å². The van der Waals surface area contributed by atoms with Crippen molar-refractivity contribution >= 4 is 35.6 Å². The number of anilines is 1. The van der Waals surface area contributed by atoms with Crippen LogP contribution in [0.2, 0.25) is 0 Å². The summed E-state index contributed by atoms with van der Waals surface area (Å²) in [6, 6.07) is 8.56. The number of rotatable bonds is 8. The van der Waals surface area contributed by atoms with Gasteiger partial charge in [0, 0.05) is 59.5 Å². The van der Waals surface area contributed by atoms with E-state index in [1.807, 2.05) is 7.05 Å². The van der Waals surface area contributed by atoms with Gasteiger partial charge in [-0.3, -0.25) is 4.99 Å². The van der Waals surface area contributed by atoms with Crippen LogP contribution in [0.15, 0.2) is 29.3 Å². The molecule has 0 aromatic heterocycles. The second kappa shape index (κ2) is 12.3. The Morgan fingerprint density at radius 3 is 2.85 bits per heavy atom. The van der Waals surface area contributed by atoms with Gasteiger partial charge in [-0.25, -0.2) is 0 Å². The molecule has 1 aliphatic rings. The van der Waals surface area contributed by atoms with Crippen molar-refractivity contribution < 1.29 is 9.47 Å². The Balaban J connectivity index is 0.00000338. The van der Waals surface area contributed by atoms with Crippen LogP contribution in [-0.4, -0.2) is 72.0 Å². The third kappa shape index (κ3) is 7.28. The van der Waals surface area contributed by atoms with Crippen molar-refractivity contribution in [2.75, 3.05) is 66.1 Å². The zero-order valence-corrected chi connectivity index (χ0v) is 18.7. The molecule has 0 radical (unpaired) electrons. The number of methoxy groups -OCH3 is 1. The monoisotopic (exact) mass is 476 g/mol. The summed E-state index contributed by atoms with van der Waals surface area (Å²) in [4.78, 5) is 8.88. The highest BCUT2D eigenvalue weighted by molar-refractivity contribution is 14.0. The van der Waals surface area contributed by atoms with Crippen LogP contribution >= 0.6 is 24.0 Å². The van der Waals surface area contributed by atoms with Crippen molar-refractivity contribution in [3.63, 3.8) is 0 Å². The van der Waals surface area contributed by atoms with E-state index in [2.05, 4.69) is 58.5 Å². The molecule has 1 heterocycles. The quantitative estimate of drug-likeness (QED) is 0.271. The lowest BCUT2D eigenvalue weighted by Crippen LogP contribution is -2.39. The van der Waals surface area contributed by atoms with E-state index in [4.69, 9.17) is 9.47 Å². The summed E-state index contributed by atoms with van der Waals surface area (Å²) in [6.45, 7) is 4.91. The zero-order valence-electron chi connectivity index (χ0n) is 16.4. The first-order valence-corrected chi connectivity index (χ1v) is 8.92. The molecule has 1 saturated heterocycles. The number of likely N-dealkylation sites (tertiary alicyclic amines) is 1. The minimum Gasteiger partial charge on any atom is -0.382 e. The van der Waals surface area contributed by atoms with Crippen LogP contribution < -0.4 is 10.2 Å². The number of hydrogen-bond donors (Lipinski definition) is 1. The third-order valence-electron chi connectivity index (χ3n) is 4.46. The fourth-order valence-electron chi connectivity index (χ4n) is 3.01. The predicted octanol–water partition coefficient (Wildman–Crippen LogP) is 2.43. The van der Waals surface area contributed by atoms with Crippen LogP contribution in [0.1, 0.15) is 12.0 Å². The first-order valence-electron chi connectivity index (χ1n) is 8.92. The number of benzene rings is 1. The summed E-state index contributed by atoms with van der Waals surface area (Å²) in [5, 5.41) is 3.49. The molecule has 1 atom stereocenters. The molecule has 1 aromatic rings. The van der Waals surface area contributed by atoms with Gasteiger partial charge in [0.05, 0.1) is 19.8 Å². The summed E-state index contributed by atoms with van der Waals surface area (Å²) in [7, 11) is 7.67. The number of ether oxygens (including phenoxy) is 2. The molecule has 0 spiro atoms. The van der Waals surface area contributed by atoms with E-state index >= 15 is 0 Å². The number of halogens is 1. The van der Waals surface area contributed by atoms with Gasteiger partial charge in [0.1, 0.15) is 0 Å². The molecule has 0 amide bonds. The Morgan fingerprint density at radius 2 is 2.15 bits per heavy atom. The van der Waals surface area contributed by atoms with Crippen molar-refractivity contribution in [3.8, 4) is 0 Å². The summed E-state index contributed by atoms with van der Waals surface area (Å²) >= 11 is 0. The molecule has 0 bridgehead atoms. The van der Waals surface area contributed by atoms with Gasteiger partial charge in [-0.2, -0.15) is 0 Å². The Bertz CT molecular complexity index is 554. The molecule has 1 aliphatic heterocycles. The largest absolute Gasteiger partial charge is 0.382 e. The van der Waals surface area contributed by atoms with Gasteiger partial charge in [0.15, 0.2) is 5.96 Å². The summed E-state index contributed by atoms with van der Waals surface area (Å²) in [6.07, 6.45) is 1.14. The van der Waals surface area contributed by atoms with Gasteiger partial charge in [0.25, 0.3) is 0 Å². The second-order valence-electron chi connectivity index (χ2n) is 6.63. The fraction of sp³-hybridized carbons (Fsp3) is 0.632. The molecule has 1 fully saturated rings. The summed E-state index contributed by atoms with van der Waals surface area (Å²) in [5.41, 5.74) is 2.47. The van der Waals surface area contributed by atoms with Crippen LogP contribution in [-0.2, 0) is 16.0 Å². The molecule has 0 saturated carbocycles. The lowest BCUT2D eigenvalue weighted by molar-refractivity contribution is 0.0536. The Morgan fingerprint density at radius 1 is 1.35 bits per heavy atom. The van der Waals surface area contributed by atoms with E-state index in [1.165, 1.54) is 11.3 Å². The van der Waals surface area contributed by atoms with E-state index < -0.39 is 0 Å². The average molecular weight is 476 g/mol. The molecule has 6 nitrogen and oxygen atoms in total. The number of guanidine groups is 1. The molecule has 26 heavy (non-hydrogen) atoms. The van der Waals surface area contributed by atoms with Crippen molar-refractivity contribution in [2.45, 2.75) is 13.0 Å². The molecule has 1 unspecified atom stereocenters. The van der Waals surface area contributed by atoms with E-state index in [9.17, 15) is 0 Å². The lowest BCUT2D eigenvalue weighted by Gasteiger charge is -2.22. The van der Waals surface area contributed by atoms with Crippen LogP contribution in [0.3, 0.4) is 0 Å². The van der Waals surface area contributed by atoms with E-state index in [0.717, 1.165) is 38.6 Å². The average Bonchev–Trinajstić information content (AvgIpc) is 3.08. The van der Waals surface area contributed by atoms with Gasteiger partial charge in [-0.15, -0.1) is 24.0 Å². The molecule has 1 aromatic carbocycles. The Labute approximate surface area is 175 Å². The van der Waals surface area contributed by atoms with Gasteiger partial charge < -0.3 is 24.6 Å². The highest BCUT2D eigenvalue weighted by Gasteiger charge is 2.24. The van der Waals surface area contributed by atoms with Crippen LogP contribution in [0.25, 0.3) is 0 Å². The summed E-state index contributed by atoms with van der Waals surface area (Å²) in [5.74, 6) is 1.53. The lowest BCUT2D eigenvalue weighted by atomic mass is 10.1. The van der Waals surface area contributed by atoms with Crippen molar-refractivity contribution in [1.82, 2.24) is 10.2 Å². The van der Waals surface area contributed by atoms with Crippen molar-refractivity contribution in [1.29, 1.82) is 0 Å². The molecule has 2 rings (SSSR count). The predicted molar refractivity (Wildman–Crippen MR) is 119 cm³/mol. The number of nitrogens with one attached hydrogen (secondary N) is 1. The van der Waals surface area contributed by atoms with Crippen LogP contribution in [0, 0.1) is 5.92 Å². The first kappa shape index (κ1) is 23.0. The Hall–Kier alpha value is -1.06. The smallest absolute Gasteiger partial charge is 0.193 e. The molecule has 0 aliphatic carbocycles. The minimum atomic E-state index is 0. The highest BCUT2D eigenvalue weighted by Crippen LogP contribution is 2.17. The summed E-state index contributed by atoms with van der Waals surface area (Å²) < 4.78 is 10.7. The van der Waals surface area contributed by atoms with Gasteiger partial charge in [0.2, 0.25) is 0 Å². The third-order valence-corrected chi connectivity index (χ3v) is 4.46. The number of nitrogens with zero attached hydrogens (tertiary/aromatic N) is 3. The molecule has 148 valence electrons. The minimum absolute atomic E-state index is 0. The van der Waals surface area contributed by atoms with Crippen LogP contribution in [0.5, 0.6) is 0 Å². The topological polar surface area (TPSA) is 49.3 Å². The maximum absolute atomic E-state index is 5.67. The molecule has 1 N–H and O–H groups in total. The van der Waals surface area contributed by atoms with Gasteiger partial charge >= 0.3 is 0 Å².